The highest BCUT2D eigenvalue weighted by Crippen LogP contribution is 2.34. The van der Waals surface area contributed by atoms with E-state index in [1.165, 1.54) is 37.3 Å². The maximum absolute atomic E-state index is 12.2. The van der Waals surface area contributed by atoms with Gasteiger partial charge in [0.1, 0.15) is 9.92 Å². The first kappa shape index (κ1) is 16.5. The maximum Gasteiger partial charge on any atom is 0.339 e. The van der Waals surface area contributed by atoms with E-state index in [1.807, 2.05) is 0 Å². The van der Waals surface area contributed by atoms with Crippen molar-refractivity contribution in [3.05, 3.63) is 62.1 Å². The molecule has 0 heterocycles. The van der Waals surface area contributed by atoms with Gasteiger partial charge in [-0.2, -0.15) is 8.42 Å². The Kier molecular flexibility index (Phi) is 4.60. The molecule has 6 nitrogen and oxygen atoms in total. The van der Waals surface area contributed by atoms with Gasteiger partial charge in [-0.3, -0.25) is 10.1 Å². The summed E-state index contributed by atoms with van der Waals surface area (Å²) in [6, 6.07) is 7.75. The average molecular weight is 362 g/mol. The molecule has 0 saturated carbocycles. The van der Waals surface area contributed by atoms with Gasteiger partial charge in [0.05, 0.1) is 9.95 Å². The molecule has 22 heavy (non-hydrogen) atoms. The van der Waals surface area contributed by atoms with Crippen LogP contribution < -0.4 is 4.18 Å². The van der Waals surface area contributed by atoms with Crippen LogP contribution in [0.1, 0.15) is 5.56 Å². The Balaban J connectivity index is 2.45. The van der Waals surface area contributed by atoms with E-state index in [2.05, 4.69) is 0 Å². The first-order chi connectivity index (χ1) is 10.2. The van der Waals surface area contributed by atoms with E-state index in [0.29, 0.717) is 5.56 Å². The van der Waals surface area contributed by atoms with Crippen molar-refractivity contribution in [2.75, 3.05) is 0 Å². The number of hydrogen-bond donors (Lipinski definition) is 0. The first-order valence-electron chi connectivity index (χ1n) is 5.86. The van der Waals surface area contributed by atoms with Gasteiger partial charge < -0.3 is 4.18 Å². The number of nitrogens with zero attached hydrogens (tertiary/aromatic N) is 1. The molecule has 0 aliphatic carbocycles. The van der Waals surface area contributed by atoms with E-state index in [4.69, 9.17) is 27.4 Å². The van der Waals surface area contributed by atoms with Crippen molar-refractivity contribution < 1.29 is 17.5 Å². The summed E-state index contributed by atoms with van der Waals surface area (Å²) in [7, 11) is -4.27. The van der Waals surface area contributed by atoms with Crippen LogP contribution in [-0.4, -0.2) is 13.3 Å². The minimum atomic E-state index is -4.27. The molecule has 0 unspecified atom stereocenters. The number of halogens is 2. The van der Waals surface area contributed by atoms with Crippen molar-refractivity contribution in [3.63, 3.8) is 0 Å². The first-order valence-corrected chi connectivity index (χ1v) is 8.02. The molecule has 0 saturated heterocycles. The summed E-state index contributed by atoms with van der Waals surface area (Å²) in [5, 5.41) is 11.0. The van der Waals surface area contributed by atoms with Gasteiger partial charge >= 0.3 is 10.1 Å². The van der Waals surface area contributed by atoms with Gasteiger partial charge in [-0.15, -0.1) is 0 Å². The molecule has 0 aromatic heterocycles. The molecular formula is C13H9Cl2NO5S. The molecule has 2 aromatic rings. The van der Waals surface area contributed by atoms with Crippen molar-refractivity contribution >= 4 is 39.0 Å². The molecule has 9 heteroatoms. The maximum atomic E-state index is 12.2. The summed E-state index contributed by atoms with van der Waals surface area (Å²) in [5.41, 5.74) is 0.0200. The lowest BCUT2D eigenvalue weighted by molar-refractivity contribution is -0.385. The second-order valence-electron chi connectivity index (χ2n) is 4.29. The number of benzene rings is 2. The molecule has 0 N–H and O–H groups in total. The number of rotatable bonds is 4. The van der Waals surface area contributed by atoms with Crippen LogP contribution in [0.2, 0.25) is 10.0 Å². The van der Waals surface area contributed by atoms with E-state index in [-0.39, 0.29) is 26.4 Å². The van der Waals surface area contributed by atoms with E-state index >= 15 is 0 Å². The highest BCUT2D eigenvalue weighted by atomic mass is 35.5. The Labute approximate surface area is 136 Å². The van der Waals surface area contributed by atoms with Gasteiger partial charge in [-0.05, 0) is 25.1 Å². The van der Waals surface area contributed by atoms with Crippen LogP contribution in [0.5, 0.6) is 5.75 Å². The minimum Gasteiger partial charge on any atom is -0.377 e. The topological polar surface area (TPSA) is 86.5 Å². The molecule has 0 radical (unpaired) electrons. The quantitative estimate of drug-likeness (QED) is 0.467. The number of nitro benzene ring substituents is 1. The third kappa shape index (κ3) is 3.32. The monoisotopic (exact) mass is 361 g/mol. The Hall–Kier alpha value is -1.83. The Morgan fingerprint density at radius 2 is 1.86 bits per heavy atom. The SMILES string of the molecule is Cc1ccc(S(=O)(=O)Oc2cccc(Cl)c2Cl)cc1[N+](=O)[O-]. The zero-order valence-corrected chi connectivity index (χ0v) is 13.4. The third-order valence-electron chi connectivity index (χ3n) is 2.78. The largest absolute Gasteiger partial charge is 0.377 e. The summed E-state index contributed by atoms with van der Waals surface area (Å²) in [6.07, 6.45) is 0. The van der Waals surface area contributed by atoms with Gasteiger partial charge in [0.25, 0.3) is 5.69 Å². The summed E-state index contributed by atoms with van der Waals surface area (Å²) >= 11 is 11.6. The van der Waals surface area contributed by atoms with Gasteiger partial charge in [-0.1, -0.05) is 35.3 Å². The fraction of sp³-hybridized carbons (Fsp3) is 0.0769. The van der Waals surface area contributed by atoms with Crippen LogP contribution in [0.4, 0.5) is 5.69 Å². The lowest BCUT2D eigenvalue weighted by Crippen LogP contribution is -2.10. The molecular weight excluding hydrogens is 353 g/mol. The van der Waals surface area contributed by atoms with Crippen LogP contribution in [0.25, 0.3) is 0 Å². The molecule has 0 aliphatic heterocycles. The van der Waals surface area contributed by atoms with Crippen molar-refractivity contribution in [3.8, 4) is 5.75 Å². The molecule has 116 valence electrons. The van der Waals surface area contributed by atoms with Crippen molar-refractivity contribution in [2.24, 2.45) is 0 Å². The molecule has 0 aliphatic rings. The summed E-state index contributed by atoms with van der Waals surface area (Å²) < 4.78 is 29.3. The van der Waals surface area contributed by atoms with Gasteiger partial charge in [0, 0.05) is 11.6 Å². The van der Waals surface area contributed by atoms with E-state index in [1.54, 1.807) is 0 Å². The van der Waals surface area contributed by atoms with Crippen molar-refractivity contribution in [1.82, 2.24) is 0 Å². The Morgan fingerprint density at radius 3 is 2.50 bits per heavy atom. The third-order valence-corrected chi connectivity index (χ3v) is 4.81. The second-order valence-corrected chi connectivity index (χ2v) is 6.63. The minimum absolute atomic E-state index is 0.0608. The van der Waals surface area contributed by atoms with Gasteiger partial charge in [0.15, 0.2) is 5.75 Å². The standard InChI is InChI=1S/C13H9Cl2NO5S/c1-8-5-6-9(7-11(8)16(17)18)22(19,20)21-12-4-2-3-10(14)13(12)15/h2-7H,1H3. The molecule has 0 atom stereocenters. The second kappa shape index (κ2) is 6.12. The molecule has 0 bridgehead atoms. The zero-order valence-electron chi connectivity index (χ0n) is 11.1. The van der Waals surface area contributed by atoms with E-state index in [0.717, 1.165) is 6.07 Å². The van der Waals surface area contributed by atoms with Crippen LogP contribution in [0.15, 0.2) is 41.3 Å². The lowest BCUT2D eigenvalue weighted by atomic mass is 10.2. The normalized spacial score (nSPS) is 11.2. The molecule has 0 fully saturated rings. The summed E-state index contributed by atoms with van der Waals surface area (Å²) in [4.78, 5) is 9.88. The predicted molar refractivity (Wildman–Crippen MR) is 82.1 cm³/mol. The fourth-order valence-electron chi connectivity index (χ4n) is 1.66. The number of hydrogen-bond acceptors (Lipinski definition) is 5. The molecule has 0 amide bonds. The van der Waals surface area contributed by atoms with Crippen molar-refractivity contribution in [2.45, 2.75) is 11.8 Å². The highest BCUT2D eigenvalue weighted by Gasteiger charge is 2.23. The summed E-state index contributed by atoms with van der Waals surface area (Å²) in [5.74, 6) is -0.155. The van der Waals surface area contributed by atoms with Gasteiger partial charge in [-0.25, -0.2) is 0 Å². The predicted octanol–water partition coefficient (Wildman–Crippen LogP) is 3.98. The Bertz CT molecular complexity index is 852. The number of aryl methyl sites for hydroxylation is 1. The average Bonchev–Trinajstić information content (AvgIpc) is 2.43. The van der Waals surface area contributed by atoms with Crippen LogP contribution in [0.3, 0.4) is 0 Å². The highest BCUT2D eigenvalue weighted by molar-refractivity contribution is 7.87. The van der Waals surface area contributed by atoms with Crippen LogP contribution in [0, 0.1) is 17.0 Å². The van der Waals surface area contributed by atoms with Gasteiger partial charge in [0.2, 0.25) is 0 Å². The Morgan fingerprint density at radius 1 is 1.18 bits per heavy atom. The smallest absolute Gasteiger partial charge is 0.339 e. The molecule has 2 aromatic carbocycles. The lowest BCUT2D eigenvalue weighted by Gasteiger charge is -2.09. The molecule has 0 spiro atoms. The number of nitro groups is 1. The zero-order chi connectivity index (χ0) is 16.5. The van der Waals surface area contributed by atoms with E-state index in [9.17, 15) is 18.5 Å². The van der Waals surface area contributed by atoms with Crippen LogP contribution >= 0.6 is 23.2 Å². The van der Waals surface area contributed by atoms with Crippen molar-refractivity contribution in [1.29, 1.82) is 0 Å². The van der Waals surface area contributed by atoms with Crippen LogP contribution in [-0.2, 0) is 10.1 Å². The molecule has 2 rings (SSSR count). The van der Waals surface area contributed by atoms with E-state index < -0.39 is 15.0 Å². The fourth-order valence-corrected chi connectivity index (χ4v) is 2.99. The summed E-state index contributed by atoms with van der Waals surface area (Å²) in [6.45, 7) is 1.50.